The van der Waals surface area contributed by atoms with Gasteiger partial charge in [-0.25, -0.2) is 0 Å². The number of nitrogens with zero attached hydrogens (tertiary/aromatic N) is 1. The van der Waals surface area contributed by atoms with E-state index in [9.17, 15) is 4.79 Å². The van der Waals surface area contributed by atoms with Gasteiger partial charge in [-0.05, 0) is 18.2 Å². The molecule has 3 aromatic rings. The number of hydrogen-bond acceptors (Lipinski definition) is 3. The van der Waals surface area contributed by atoms with Gasteiger partial charge in [0.05, 0.1) is 5.39 Å². The molecule has 0 saturated carbocycles. The number of fused-ring (bicyclic) bond motifs is 1. The number of benzene rings is 2. The van der Waals surface area contributed by atoms with E-state index in [4.69, 9.17) is 4.52 Å². The highest BCUT2D eigenvalue weighted by Gasteiger charge is 2.10. The van der Waals surface area contributed by atoms with Crippen molar-refractivity contribution < 1.29 is 9.32 Å². The Hall–Kier alpha value is -2.42. The minimum absolute atomic E-state index is 0.623. The summed E-state index contributed by atoms with van der Waals surface area (Å²) < 4.78 is 5.24. The standard InChI is InChI=1S/C14H9NO2/c16-9-10-6-7-13-12(8-10)14(15-17-13)11-4-2-1-3-5-11/h1-9H. The van der Waals surface area contributed by atoms with Gasteiger partial charge in [0, 0.05) is 11.1 Å². The van der Waals surface area contributed by atoms with Crippen molar-refractivity contribution in [3.63, 3.8) is 0 Å². The molecule has 0 atom stereocenters. The van der Waals surface area contributed by atoms with Crippen LogP contribution in [0.15, 0.2) is 53.1 Å². The molecule has 0 bridgehead atoms. The van der Waals surface area contributed by atoms with E-state index in [0.29, 0.717) is 11.1 Å². The van der Waals surface area contributed by atoms with E-state index in [1.165, 1.54) is 0 Å². The third kappa shape index (κ3) is 1.61. The predicted octanol–water partition coefficient (Wildman–Crippen LogP) is 3.31. The molecule has 0 amide bonds. The zero-order chi connectivity index (χ0) is 11.7. The lowest BCUT2D eigenvalue weighted by molar-refractivity contribution is 0.112. The number of carbonyl (C=O) groups is 1. The fraction of sp³-hybridized carbons (Fsp3) is 0. The Balaban J connectivity index is 2.27. The summed E-state index contributed by atoms with van der Waals surface area (Å²) in [5.74, 6) is 0. The highest BCUT2D eigenvalue weighted by molar-refractivity contribution is 5.94. The first-order valence-corrected chi connectivity index (χ1v) is 5.28. The van der Waals surface area contributed by atoms with Gasteiger partial charge in [-0.15, -0.1) is 0 Å². The molecular formula is C14H9NO2. The molecule has 2 aromatic carbocycles. The Labute approximate surface area is 97.7 Å². The monoisotopic (exact) mass is 223 g/mol. The largest absolute Gasteiger partial charge is 0.356 e. The van der Waals surface area contributed by atoms with E-state index < -0.39 is 0 Å². The Morgan fingerprint density at radius 2 is 1.88 bits per heavy atom. The second-order valence-electron chi connectivity index (χ2n) is 3.77. The first-order valence-electron chi connectivity index (χ1n) is 5.28. The summed E-state index contributed by atoms with van der Waals surface area (Å²) in [7, 11) is 0. The van der Waals surface area contributed by atoms with Crippen LogP contribution in [0.3, 0.4) is 0 Å². The molecule has 3 heteroatoms. The smallest absolute Gasteiger partial charge is 0.167 e. The van der Waals surface area contributed by atoms with E-state index >= 15 is 0 Å². The number of aromatic nitrogens is 1. The van der Waals surface area contributed by atoms with Crippen molar-refractivity contribution in [2.45, 2.75) is 0 Å². The van der Waals surface area contributed by atoms with Gasteiger partial charge < -0.3 is 4.52 Å². The molecule has 1 heterocycles. The van der Waals surface area contributed by atoms with Gasteiger partial charge in [0.15, 0.2) is 5.58 Å². The molecule has 82 valence electrons. The van der Waals surface area contributed by atoms with E-state index in [1.807, 2.05) is 30.3 Å². The van der Waals surface area contributed by atoms with Crippen LogP contribution in [0.5, 0.6) is 0 Å². The summed E-state index contributed by atoms with van der Waals surface area (Å²) >= 11 is 0. The fourth-order valence-electron chi connectivity index (χ4n) is 1.83. The molecule has 3 nitrogen and oxygen atoms in total. The van der Waals surface area contributed by atoms with Gasteiger partial charge in [-0.3, -0.25) is 4.79 Å². The third-order valence-electron chi connectivity index (χ3n) is 2.68. The molecule has 0 aliphatic heterocycles. The molecule has 3 rings (SSSR count). The van der Waals surface area contributed by atoms with Gasteiger partial charge >= 0.3 is 0 Å². The van der Waals surface area contributed by atoms with Crippen LogP contribution in [0.25, 0.3) is 22.2 Å². The Kier molecular flexibility index (Phi) is 2.22. The third-order valence-corrected chi connectivity index (χ3v) is 2.68. The van der Waals surface area contributed by atoms with Crippen LogP contribution in [0.4, 0.5) is 0 Å². The van der Waals surface area contributed by atoms with Crippen LogP contribution in [0.2, 0.25) is 0 Å². The lowest BCUT2D eigenvalue weighted by Crippen LogP contribution is -1.80. The van der Waals surface area contributed by atoms with E-state index in [2.05, 4.69) is 5.16 Å². The first-order chi connectivity index (χ1) is 8.38. The average Bonchev–Trinajstić information content (AvgIpc) is 2.82. The van der Waals surface area contributed by atoms with Crippen LogP contribution in [0, 0.1) is 0 Å². The number of carbonyl (C=O) groups excluding carboxylic acids is 1. The van der Waals surface area contributed by atoms with Gasteiger partial charge in [-0.1, -0.05) is 35.5 Å². The summed E-state index contributed by atoms with van der Waals surface area (Å²) in [6, 6.07) is 15.0. The molecule has 0 aliphatic carbocycles. The van der Waals surface area contributed by atoms with Crippen LogP contribution >= 0.6 is 0 Å². The van der Waals surface area contributed by atoms with Crippen LogP contribution < -0.4 is 0 Å². The van der Waals surface area contributed by atoms with Gasteiger partial charge in [0.25, 0.3) is 0 Å². The number of aldehydes is 1. The quantitative estimate of drug-likeness (QED) is 0.626. The van der Waals surface area contributed by atoms with E-state index in [0.717, 1.165) is 22.9 Å². The minimum atomic E-state index is 0.623. The van der Waals surface area contributed by atoms with Gasteiger partial charge in [-0.2, -0.15) is 0 Å². The van der Waals surface area contributed by atoms with Crippen molar-refractivity contribution in [2.75, 3.05) is 0 Å². The Morgan fingerprint density at radius 1 is 1.06 bits per heavy atom. The molecule has 0 saturated heterocycles. The second-order valence-corrected chi connectivity index (χ2v) is 3.77. The molecule has 0 unspecified atom stereocenters. The molecule has 0 spiro atoms. The summed E-state index contributed by atoms with van der Waals surface area (Å²) in [6.45, 7) is 0. The normalized spacial score (nSPS) is 10.6. The lowest BCUT2D eigenvalue weighted by atomic mass is 10.1. The Bertz CT molecular complexity index is 671. The maximum Gasteiger partial charge on any atom is 0.167 e. The maximum atomic E-state index is 10.8. The number of rotatable bonds is 2. The molecule has 0 fully saturated rings. The van der Waals surface area contributed by atoms with Gasteiger partial charge in [0.1, 0.15) is 12.0 Å². The SMILES string of the molecule is O=Cc1ccc2onc(-c3ccccc3)c2c1. The molecule has 0 N–H and O–H groups in total. The molecular weight excluding hydrogens is 214 g/mol. The van der Waals surface area contributed by atoms with Crippen molar-refractivity contribution in [2.24, 2.45) is 0 Å². The lowest BCUT2D eigenvalue weighted by Gasteiger charge is -1.96. The highest BCUT2D eigenvalue weighted by Crippen LogP contribution is 2.28. The van der Waals surface area contributed by atoms with Crippen LogP contribution in [0.1, 0.15) is 10.4 Å². The molecule has 0 aliphatic rings. The van der Waals surface area contributed by atoms with Crippen molar-refractivity contribution in [3.05, 3.63) is 54.1 Å². The van der Waals surface area contributed by atoms with Crippen LogP contribution in [-0.4, -0.2) is 11.4 Å². The topological polar surface area (TPSA) is 43.1 Å². The predicted molar refractivity (Wildman–Crippen MR) is 64.8 cm³/mol. The first kappa shape index (κ1) is 9.78. The maximum absolute atomic E-state index is 10.8. The summed E-state index contributed by atoms with van der Waals surface area (Å²) in [6.07, 6.45) is 0.821. The van der Waals surface area contributed by atoms with Crippen molar-refractivity contribution in [1.29, 1.82) is 0 Å². The molecule has 17 heavy (non-hydrogen) atoms. The summed E-state index contributed by atoms with van der Waals surface area (Å²) in [5, 5.41) is 4.91. The summed E-state index contributed by atoms with van der Waals surface area (Å²) in [4.78, 5) is 10.8. The fourth-order valence-corrected chi connectivity index (χ4v) is 1.83. The van der Waals surface area contributed by atoms with E-state index in [1.54, 1.807) is 18.2 Å². The number of hydrogen-bond donors (Lipinski definition) is 0. The Morgan fingerprint density at radius 3 is 2.65 bits per heavy atom. The average molecular weight is 223 g/mol. The molecule has 1 aromatic heterocycles. The summed E-state index contributed by atoms with van der Waals surface area (Å²) in [5.41, 5.74) is 3.06. The van der Waals surface area contributed by atoms with E-state index in [-0.39, 0.29) is 0 Å². The van der Waals surface area contributed by atoms with Crippen molar-refractivity contribution >= 4 is 17.3 Å². The molecule has 0 radical (unpaired) electrons. The van der Waals surface area contributed by atoms with Crippen LogP contribution in [-0.2, 0) is 0 Å². The zero-order valence-electron chi connectivity index (χ0n) is 8.96. The minimum Gasteiger partial charge on any atom is -0.356 e. The van der Waals surface area contributed by atoms with Gasteiger partial charge in [0.2, 0.25) is 0 Å². The zero-order valence-corrected chi connectivity index (χ0v) is 8.96. The highest BCUT2D eigenvalue weighted by atomic mass is 16.5. The van der Waals surface area contributed by atoms with Crippen molar-refractivity contribution in [3.8, 4) is 11.3 Å². The van der Waals surface area contributed by atoms with Crippen molar-refractivity contribution in [1.82, 2.24) is 5.16 Å². The second kappa shape index (κ2) is 3.87.